The van der Waals surface area contributed by atoms with Gasteiger partial charge < -0.3 is 9.84 Å². The molecule has 0 saturated carbocycles. The van der Waals surface area contributed by atoms with Crippen molar-refractivity contribution in [2.75, 3.05) is 6.61 Å². The number of allylic oxidation sites excluding steroid dienone is 1. The van der Waals surface area contributed by atoms with Crippen molar-refractivity contribution in [3.63, 3.8) is 0 Å². The summed E-state index contributed by atoms with van der Waals surface area (Å²) in [5.41, 5.74) is 0.891. The average Bonchev–Trinajstić information content (AvgIpc) is 2.44. The number of rotatable bonds is 5. The summed E-state index contributed by atoms with van der Waals surface area (Å²) in [6.07, 6.45) is 1.12. The molecule has 0 amide bonds. The van der Waals surface area contributed by atoms with Crippen molar-refractivity contribution in [1.29, 1.82) is 0 Å². The summed E-state index contributed by atoms with van der Waals surface area (Å²) < 4.78 is 4.84. The third-order valence-electron chi connectivity index (χ3n) is 2.10. The Bertz CT molecular complexity index is 564. The molecule has 0 aliphatic carbocycles. The van der Waals surface area contributed by atoms with Gasteiger partial charge in [-0.05, 0) is 31.2 Å². The lowest BCUT2D eigenvalue weighted by Gasteiger charge is -2.01. The quantitative estimate of drug-likeness (QED) is 0.513. The van der Waals surface area contributed by atoms with Crippen molar-refractivity contribution in [3.8, 4) is 0 Å². The number of carboxylic acid groups (broad SMARTS) is 1. The minimum atomic E-state index is -1.33. The van der Waals surface area contributed by atoms with Gasteiger partial charge in [-0.2, -0.15) is 0 Å². The Morgan fingerprint density at radius 1 is 1.30 bits per heavy atom. The van der Waals surface area contributed by atoms with Crippen molar-refractivity contribution in [3.05, 3.63) is 39.9 Å². The van der Waals surface area contributed by atoms with E-state index in [-0.39, 0.29) is 5.03 Å². The third kappa shape index (κ3) is 4.68. The SMILES string of the molecule is CCOC(=O)c1ccc(N=C/C(Cl)=C(/Cl)C(=O)O)cc1. The van der Waals surface area contributed by atoms with Gasteiger partial charge in [0.2, 0.25) is 0 Å². The van der Waals surface area contributed by atoms with E-state index in [1.54, 1.807) is 31.2 Å². The first-order valence-electron chi connectivity index (χ1n) is 5.55. The molecule has 0 unspecified atom stereocenters. The van der Waals surface area contributed by atoms with Crippen molar-refractivity contribution in [2.24, 2.45) is 4.99 Å². The molecule has 0 saturated heterocycles. The van der Waals surface area contributed by atoms with Gasteiger partial charge in [-0.3, -0.25) is 4.99 Å². The lowest BCUT2D eigenvalue weighted by Crippen LogP contribution is -2.03. The maximum absolute atomic E-state index is 11.4. The van der Waals surface area contributed by atoms with Gasteiger partial charge in [0.05, 0.1) is 22.9 Å². The smallest absolute Gasteiger partial charge is 0.348 e. The first kappa shape index (κ1) is 16.2. The van der Waals surface area contributed by atoms with Crippen LogP contribution in [0.2, 0.25) is 0 Å². The van der Waals surface area contributed by atoms with Crippen LogP contribution in [0.5, 0.6) is 0 Å². The second-order valence-electron chi connectivity index (χ2n) is 3.49. The van der Waals surface area contributed by atoms with Crippen LogP contribution in [0.1, 0.15) is 17.3 Å². The first-order chi connectivity index (χ1) is 9.45. The Kier molecular flexibility index (Phi) is 6.21. The average molecular weight is 316 g/mol. The van der Waals surface area contributed by atoms with Crippen LogP contribution in [0.15, 0.2) is 39.3 Å². The monoisotopic (exact) mass is 315 g/mol. The predicted octanol–water partition coefficient (Wildman–Crippen LogP) is 3.34. The Hall–Kier alpha value is -1.85. The van der Waals surface area contributed by atoms with Gasteiger partial charge in [0.1, 0.15) is 5.03 Å². The summed E-state index contributed by atoms with van der Waals surface area (Å²) in [7, 11) is 0. The molecule has 5 nitrogen and oxygen atoms in total. The molecule has 0 aliphatic rings. The van der Waals surface area contributed by atoms with Crippen LogP contribution in [0.25, 0.3) is 0 Å². The molecule has 0 spiro atoms. The van der Waals surface area contributed by atoms with E-state index in [2.05, 4.69) is 4.99 Å². The molecule has 0 radical (unpaired) electrons. The minimum Gasteiger partial charge on any atom is -0.477 e. The fraction of sp³-hybridized carbons (Fsp3) is 0.154. The lowest BCUT2D eigenvalue weighted by atomic mass is 10.2. The highest BCUT2D eigenvalue weighted by Crippen LogP contribution is 2.17. The number of ether oxygens (including phenoxy) is 1. The van der Waals surface area contributed by atoms with Crippen molar-refractivity contribution >= 4 is 47.0 Å². The van der Waals surface area contributed by atoms with E-state index >= 15 is 0 Å². The van der Waals surface area contributed by atoms with Gasteiger partial charge in [0.25, 0.3) is 0 Å². The first-order valence-corrected chi connectivity index (χ1v) is 6.31. The van der Waals surface area contributed by atoms with Gasteiger partial charge in [-0.25, -0.2) is 9.59 Å². The molecule has 1 aromatic rings. The van der Waals surface area contributed by atoms with Gasteiger partial charge in [-0.1, -0.05) is 23.2 Å². The van der Waals surface area contributed by atoms with Crippen molar-refractivity contribution in [2.45, 2.75) is 6.92 Å². The zero-order chi connectivity index (χ0) is 15.1. The molecule has 20 heavy (non-hydrogen) atoms. The minimum absolute atomic E-state index is 0.186. The van der Waals surface area contributed by atoms with Crippen LogP contribution >= 0.6 is 23.2 Å². The Morgan fingerprint density at radius 2 is 1.90 bits per heavy atom. The standard InChI is InChI=1S/C13H11Cl2NO4/c1-2-20-13(19)8-3-5-9(6-4-8)16-7-10(14)11(15)12(17)18/h3-7H,2H2,1H3,(H,17,18)/b11-10-,16-7?. The number of hydrogen-bond acceptors (Lipinski definition) is 4. The molecule has 0 bridgehead atoms. The van der Waals surface area contributed by atoms with Crippen molar-refractivity contribution < 1.29 is 19.4 Å². The highest BCUT2D eigenvalue weighted by atomic mass is 35.5. The molecule has 7 heteroatoms. The molecule has 0 aliphatic heterocycles. The summed E-state index contributed by atoms with van der Waals surface area (Å²) >= 11 is 11.1. The number of aliphatic carboxylic acids is 1. The second kappa shape index (κ2) is 7.67. The summed E-state index contributed by atoms with van der Waals surface area (Å²) in [5, 5.41) is 7.91. The number of esters is 1. The van der Waals surface area contributed by atoms with Gasteiger partial charge >= 0.3 is 11.9 Å². The molecule has 0 fully saturated rings. The van der Waals surface area contributed by atoms with Gasteiger partial charge in [-0.15, -0.1) is 0 Å². The summed E-state index contributed by atoms with van der Waals surface area (Å²) in [6.45, 7) is 2.02. The van der Waals surface area contributed by atoms with E-state index in [0.29, 0.717) is 17.9 Å². The largest absolute Gasteiger partial charge is 0.477 e. The Labute approximate surface area is 125 Å². The summed E-state index contributed by atoms with van der Waals surface area (Å²) in [4.78, 5) is 25.9. The van der Waals surface area contributed by atoms with E-state index in [4.69, 9.17) is 33.0 Å². The Morgan fingerprint density at radius 3 is 2.40 bits per heavy atom. The maximum atomic E-state index is 11.4. The van der Waals surface area contributed by atoms with Crippen LogP contribution in [-0.2, 0) is 9.53 Å². The zero-order valence-corrected chi connectivity index (χ0v) is 12.0. The van der Waals surface area contributed by atoms with E-state index < -0.39 is 17.0 Å². The van der Waals surface area contributed by atoms with Crippen LogP contribution in [0.4, 0.5) is 5.69 Å². The summed E-state index contributed by atoms with van der Waals surface area (Å²) in [5.74, 6) is -1.75. The third-order valence-corrected chi connectivity index (χ3v) is 2.85. The molecule has 1 N–H and O–H groups in total. The number of benzene rings is 1. The fourth-order valence-corrected chi connectivity index (χ4v) is 1.37. The number of carbonyl (C=O) groups is 2. The molecule has 106 valence electrons. The van der Waals surface area contributed by atoms with Crippen molar-refractivity contribution in [1.82, 2.24) is 0 Å². The molecular formula is C13H11Cl2NO4. The predicted molar refractivity (Wildman–Crippen MR) is 76.9 cm³/mol. The van der Waals surface area contributed by atoms with Gasteiger partial charge in [0.15, 0.2) is 0 Å². The normalized spacial score (nSPS) is 12.2. The van der Waals surface area contributed by atoms with E-state index in [1.165, 1.54) is 0 Å². The van der Waals surface area contributed by atoms with Crippen LogP contribution in [0, 0.1) is 0 Å². The van der Waals surface area contributed by atoms with Crippen LogP contribution in [-0.4, -0.2) is 29.9 Å². The molecule has 1 aromatic carbocycles. The Balaban J connectivity index is 2.83. The van der Waals surface area contributed by atoms with Gasteiger partial charge in [0, 0.05) is 6.21 Å². The number of carboxylic acids is 1. The summed E-state index contributed by atoms with van der Waals surface area (Å²) in [6, 6.07) is 6.23. The molecule has 1 rings (SSSR count). The second-order valence-corrected chi connectivity index (χ2v) is 4.28. The van der Waals surface area contributed by atoms with E-state index in [9.17, 15) is 9.59 Å². The number of carbonyl (C=O) groups excluding carboxylic acids is 1. The number of halogens is 2. The molecule has 0 atom stereocenters. The number of nitrogens with zero attached hydrogens (tertiary/aromatic N) is 1. The van der Waals surface area contributed by atoms with Crippen LogP contribution in [0.3, 0.4) is 0 Å². The van der Waals surface area contributed by atoms with E-state index in [1.807, 2.05) is 0 Å². The lowest BCUT2D eigenvalue weighted by molar-refractivity contribution is -0.131. The highest BCUT2D eigenvalue weighted by molar-refractivity contribution is 6.51. The molecule has 0 aromatic heterocycles. The highest BCUT2D eigenvalue weighted by Gasteiger charge is 2.08. The number of aliphatic imine (C=N–C) groups is 1. The van der Waals surface area contributed by atoms with Crippen LogP contribution < -0.4 is 0 Å². The van der Waals surface area contributed by atoms with E-state index in [0.717, 1.165) is 6.21 Å². The zero-order valence-electron chi connectivity index (χ0n) is 10.5. The topological polar surface area (TPSA) is 76.0 Å². The molecule has 0 heterocycles. The fourth-order valence-electron chi connectivity index (χ4n) is 1.19. The molecular weight excluding hydrogens is 305 g/mol. The number of hydrogen-bond donors (Lipinski definition) is 1. The maximum Gasteiger partial charge on any atom is 0.348 e.